The molecular weight excluding hydrogens is 294 g/mol. The van der Waals surface area contributed by atoms with E-state index < -0.39 is 0 Å². The second-order valence-electron chi connectivity index (χ2n) is 6.53. The van der Waals surface area contributed by atoms with Gasteiger partial charge in [0.05, 0.1) is 11.0 Å². The topological polar surface area (TPSA) is 29.9 Å². The van der Waals surface area contributed by atoms with Crippen LogP contribution in [-0.4, -0.2) is 22.6 Å². The zero-order valence-corrected chi connectivity index (χ0v) is 13.9. The standard InChI is InChI=1S/C21H23N3/c1-2-7-17(8-3-1)12-13-21-23-19-10-4-5-11-20(19)24(21)16-18-9-6-14-22-15-18/h1-5,7-8,10-13,18,22H,6,9,14-16H2/b13-12+. The normalized spacial score (nSPS) is 18.4. The molecule has 1 atom stereocenters. The van der Waals surface area contributed by atoms with Crippen LogP contribution in [0.15, 0.2) is 54.6 Å². The van der Waals surface area contributed by atoms with Gasteiger partial charge in [-0.15, -0.1) is 0 Å². The van der Waals surface area contributed by atoms with Crippen LogP contribution in [-0.2, 0) is 6.54 Å². The van der Waals surface area contributed by atoms with Crippen molar-refractivity contribution in [2.45, 2.75) is 19.4 Å². The monoisotopic (exact) mass is 317 g/mol. The van der Waals surface area contributed by atoms with Crippen LogP contribution in [0.3, 0.4) is 0 Å². The first-order valence-electron chi connectivity index (χ1n) is 8.79. The highest BCUT2D eigenvalue weighted by atomic mass is 15.1. The van der Waals surface area contributed by atoms with Gasteiger partial charge in [-0.05, 0) is 55.6 Å². The smallest absolute Gasteiger partial charge is 0.133 e. The largest absolute Gasteiger partial charge is 0.324 e. The molecule has 0 amide bonds. The highest BCUT2D eigenvalue weighted by Crippen LogP contribution is 2.22. The van der Waals surface area contributed by atoms with Crippen molar-refractivity contribution in [2.24, 2.45) is 5.92 Å². The van der Waals surface area contributed by atoms with E-state index in [9.17, 15) is 0 Å². The summed E-state index contributed by atoms with van der Waals surface area (Å²) in [7, 11) is 0. The molecule has 3 aromatic rings. The van der Waals surface area contributed by atoms with Crippen LogP contribution in [0, 0.1) is 5.92 Å². The van der Waals surface area contributed by atoms with Crippen molar-refractivity contribution in [2.75, 3.05) is 13.1 Å². The Morgan fingerprint density at radius 3 is 2.71 bits per heavy atom. The number of hydrogen-bond donors (Lipinski definition) is 1. The van der Waals surface area contributed by atoms with E-state index in [2.05, 4.69) is 70.6 Å². The van der Waals surface area contributed by atoms with E-state index in [4.69, 9.17) is 4.98 Å². The molecule has 0 aliphatic carbocycles. The van der Waals surface area contributed by atoms with Gasteiger partial charge in [-0.1, -0.05) is 48.5 Å². The second kappa shape index (κ2) is 7.02. The quantitative estimate of drug-likeness (QED) is 0.781. The van der Waals surface area contributed by atoms with Gasteiger partial charge in [0.25, 0.3) is 0 Å². The summed E-state index contributed by atoms with van der Waals surface area (Å²) in [6.07, 6.45) is 6.86. The maximum atomic E-state index is 4.85. The van der Waals surface area contributed by atoms with Gasteiger partial charge in [-0.2, -0.15) is 0 Å². The van der Waals surface area contributed by atoms with E-state index in [1.54, 1.807) is 0 Å². The summed E-state index contributed by atoms with van der Waals surface area (Å²) >= 11 is 0. The highest BCUT2D eigenvalue weighted by molar-refractivity contribution is 5.79. The molecule has 2 aromatic carbocycles. The number of imidazole rings is 1. The molecule has 1 saturated heterocycles. The van der Waals surface area contributed by atoms with Crippen molar-refractivity contribution in [3.8, 4) is 0 Å². The Morgan fingerprint density at radius 2 is 1.88 bits per heavy atom. The number of benzene rings is 2. The lowest BCUT2D eigenvalue weighted by Gasteiger charge is -2.23. The second-order valence-corrected chi connectivity index (χ2v) is 6.53. The average molecular weight is 317 g/mol. The molecule has 1 aromatic heterocycles. The van der Waals surface area contributed by atoms with Crippen LogP contribution >= 0.6 is 0 Å². The van der Waals surface area contributed by atoms with Gasteiger partial charge < -0.3 is 9.88 Å². The molecule has 2 heterocycles. The van der Waals surface area contributed by atoms with Crippen molar-refractivity contribution in [3.63, 3.8) is 0 Å². The zero-order valence-electron chi connectivity index (χ0n) is 13.9. The van der Waals surface area contributed by atoms with Crippen LogP contribution < -0.4 is 5.32 Å². The van der Waals surface area contributed by atoms with Gasteiger partial charge in [-0.3, -0.25) is 0 Å². The molecule has 0 bridgehead atoms. The molecule has 0 spiro atoms. The molecule has 0 radical (unpaired) electrons. The molecule has 3 heteroatoms. The molecule has 24 heavy (non-hydrogen) atoms. The first kappa shape index (κ1) is 15.2. The molecule has 1 aliphatic heterocycles. The minimum Gasteiger partial charge on any atom is -0.324 e. The first-order chi connectivity index (χ1) is 11.9. The van der Waals surface area contributed by atoms with Crippen molar-refractivity contribution >= 4 is 23.2 Å². The van der Waals surface area contributed by atoms with Crippen molar-refractivity contribution in [1.29, 1.82) is 0 Å². The van der Waals surface area contributed by atoms with Gasteiger partial charge in [0.1, 0.15) is 5.82 Å². The van der Waals surface area contributed by atoms with E-state index in [0.29, 0.717) is 5.92 Å². The van der Waals surface area contributed by atoms with Crippen molar-refractivity contribution in [3.05, 3.63) is 66.0 Å². The fourth-order valence-corrected chi connectivity index (χ4v) is 3.49. The number of hydrogen-bond acceptors (Lipinski definition) is 2. The molecular formula is C21H23N3. The molecule has 1 aliphatic rings. The van der Waals surface area contributed by atoms with Crippen LogP contribution in [0.5, 0.6) is 0 Å². The van der Waals surface area contributed by atoms with E-state index in [1.165, 1.54) is 23.9 Å². The first-order valence-corrected chi connectivity index (χ1v) is 8.79. The number of nitrogens with zero attached hydrogens (tertiary/aromatic N) is 2. The lowest BCUT2D eigenvalue weighted by atomic mass is 9.99. The third-order valence-corrected chi connectivity index (χ3v) is 4.75. The summed E-state index contributed by atoms with van der Waals surface area (Å²) in [5.41, 5.74) is 3.51. The summed E-state index contributed by atoms with van der Waals surface area (Å²) in [5.74, 6) is 1.73. The van der Waals surface area contributed by atoms with E-state index in [0.717, 1.165) is 31.0 Å². The van der Waals surface area contributed by atoms with Crippen LogP contribution in [0.2, 0.25) is 0 Å². The number of para-hydroxylation sites is 2. The Bertz CT molecular complexity index is 827. The van der Waals surface area contributed by atoms with Crippen LogP contribution in [0.1, 0.15) is 24.2 Å². The average Bonchev–Trinajstić information content (AvgIpc) is 2.99. The molecule has 1 unspecified atom stereocenters. The van der Waals surface area contributed by atoms with E-state index >= 15 is 0 Å². The molecule has 3 nitrogen and oxygen atoms in total. The molecule has 1 N–H and O–H groups in total. The van der Waals surface area contributed by atoms with Crippen LogP contribution in [0.25, 0.3) is 23.2 Å². The summed E-state index contributed by atoms with van der Waals surface area (Å²) in [6.45, 7) is 3.29. The Morgan fingerprint density at radius 1 is 1.04 bits per heavy atom. The molecule has 4 rings (SSSR count). The molecule has 122 valence electrons. The van der Waals surface area contributed by atoms with E-state index in [1.807, 2.05) is 6.07 Å². The van der Waals surface area contributed by atoms with Gasteiger partial charge in [0.15, 0.2) is 0 Å². The van der Waals surface area contributed by atoms with Crippen molar-refractivity contribution < 1.29 is 0 Å². The van der Waals surface area contributed by atoms with Gasteiger partial charge in [0, 0.05) is 6.54 Å². The lowest BCUT2D eigenvalue weighted by Crippen LogP contribution is -2.32. The maximum absolute atomic E-state index is 4.85. The Hall–Kier alpha value is -2.39. The lowest BCUT2D eigenvalue weighted by molar-refractivity contribution is 0.339. The number of aromatic nitrogens is 2. The minimum atomic E-state index is 0.681. The van der Waals surface area contributed by atoms with Crippen LogP contribution in [0.4, 0.5) is 0 Å². The SMILES string of the molecule is C(=C\c1nc2ccccc2n1CC1CCCNC1)/c1ccccc1. The third kappa shape index (κ3) is 3.26. The van der Waals surface area contributed by atoms with E-state index in [-0.39, 0.29) is 0 Å². The summed E-state index contributed by atoms with van der Waals surface area (Å²) in [6, 6.07) is 18.9. The number of fused-ring (bicyclic) bond motifs is 1. The molecule has 1 fully saturated rings. The predicted molar refractivity (Wildman–Crippen MR) is 101 cm³/mol. The third-order valence-electron chi connectivity index (χ3n) is 4.75. The van der Waals surface area contributed by atoms with Gasteiger partial charge >= 0.3 is 0 Å². The zero-order chi connectivity index (χ0) is 16.2. The number of rotatable bonds is 4. The Labute approximate surface area is 143 Å². The van der Waals surface area contributed by atoms with Gasteiger partial charge in [-0.25, -0.2) is 4.98 Å². The maximum Gasteiger partial charge on any atom is 0.133 e. The molecule has 0 saturated carbocycles. The summed E-state index contributed by atoms with van der Waals surface area (Å²) in [5, 5.41) is 3.52. The highest BCUT2D eigenvalue weighted by Gasteiger charge is 2.16. The minimum absolute atomic E-state index is 0.681. The Balaban J connectivity index is 1.68. The number of nitrogens with one attached hydrogen (secondary N) is 1. The summed E-state index contributed by atoms with van der Waals surface area (Å²) < 4.78 is 2.38. The fourth-order valence-electron chi connectivity index (χ4n) is 3.49. The predicted octanol–water partition coefficient (Wildman–Crippen LogP) is 4.21. The van der Waals surface area contributed by atoms with Gasteiger partial charge in [0.2, 0.25) is 0 Å². The summed E-state index contributed by atoms with van der Waals surface area (Å²) in [4.78, 5) is 4.85. The number of piperidine rings is 1. The van der Waals surface area contributed by atoms with Crippen molar-refractivity contribution in [1.82, 2.24) is 14.9 Å². The fraction of sp³-hybridized carbons (Fsp3) is 0.286. The Kier molecular flexibility index (Phi) is 4.43.